The highest BCUT2D eigenvalue weighted by Gasteiger charge is 2.18. The lowest BCUT2D eigenvalue weighted by Gasteiger charge is -2.23. The minimum atomic E-state index is -0.0371. The second-order valence-electron chi connectivity index (χ2n) is 5.15. The highest BCUT2D eigenvalue weighted by molar-refractivity contribution is 5.97. The van der Waals surface area contributed by atoms with E-state index in [1.165, 1.54) is 19.3 Å². The molecule has 0 heterocycles. The van der Waals surface area contributed by atoms with Gasteiger partial charge in [-0.3, -0.25) is 4.79 Å². The van der Waals surface area contributed by atoms with Crippen LogP contribution in [-0.2, 0) is 4.74 Å². The van der Waals surface area contributed by atoms with E-state index in [1.54, 1.807) is 13.2 Å². The Balaban J connectivity index is 1.97. The van der Waals surface area contributed by atoms with Gasteiger partial charge in [0.2, 0.25) is 0 Å². The smallest absolute Gasteiger partial charge is 0.255 e. The fourth-order valence-corrected chi connectivity index (χ4v) is 2.53. The van der Waals surface area contributed by atoms with Gasteiger partial charge in [0.15, 0.2) is 0 Å². The molecule has 4 nitrogen and oxygen atoms in total. The maximum absolute atomic E-state index is 12.3. The van der Waals surface area contributed by atoms with Crippen molar-refractivity contribution in [2.75, 3.05) is 20.3 Å². The molecule has 110 valence electrons. The third kappa shape index (κ3) is 4.23. The topological polar surface area (TPSA) is 47.6 Å². The van der Waals surface area contributed by atoms with E-state index in [0.717, 1.165) is 12.8 Å². The normalized spacial score (nSPS) is 15.8. The van der Waals surface area contributed by atoms with Crippen molar-refractivity contribution in [1.29, 1.82) is 0 Å². The number of nitrogens with one attached hydrogen (secondary N) is 1. The van der Waals surface area contributed by atoms with E-state index >= 15 is 0 Å². The maximum Gasteiger partial charge on any atom is 0.255 e. The van der Waals surface area contributed by atoms with Crippen LogP contribution in [-0.4, -0.2) is 32.3 Å². The molecule has 0 bridgehead atoms. The molecule has 1 N–H and O–H groups in total. The van der Waals surface area contributed by atoms with Crippen molar-refractivity contribution in [3.63, 3.8) is 0 Å². The molecule has 0 radical (unpaired) electrons. The fourth-order valence-electron chi connectivity index (χ4n) is 2.53. The van der Waals surface area contributed by atoms with Gasteiger partial charge in [-0.15, -0.1) is 0 Å². The van der Waals surface area contributed by atoms with Crippen molar-refractivity contribution in [3.8, 4) is 5.75 Å². The first-order valence-corrected chi connectivity index (χ1v) is 7.33. The Kier molecular flexibility index (Phi) is 5.87. The number of carbonyl (C=O) groups is 1. The number of hydrogen-bond donors (Lipinski definition) is 1. The molecule has 0 aliphatic heterocycles. The number of methoxy groups -OCH3 is 1. The second kappa shape index (κ2) is 7.90. The lowest BCUT2D eigenvalue weighted by atomic mass is 9.95. The van der Waals surface area contributed by atoms with Crippen LogP contribution in [0.4, 0.5) is 0 Å². The first-order chi connectivity index (χ1) is 9.81. The van der Waals surface area contributed by atoms with Crippen LogP contribution in [0.1, 0.15) is 42.5 Å². The number of benzene rings is 1. The lowest BCUT2D eigenvalue weighted by molar-refractivity contribution is 0.0920. The van der Waals surface area contributed by atoms with E-state index in [0.29, 0.717) is 30.6 Å². The molecule has 2 rings (SSSR count). The van der Waals surface area contributed by atoms with Crippen LogP contribution in [0.2, 0.25) is 0 Å². The van der Waals surface area contributed by atoms with E-state index in [4.69, 9.17) is 9.47 Å². The molecule has 1 saturated carbocycles. The second-order valence-corrected chi connectivity index (χ2v) is 5.15. The molecule has 1 aromatic carbocycles. The number of rotatable bonds is 6. The molecule has 0 aromatic heterocycles. The summed E-state index contributed by atoms with van der Waals surface area (Å²) in [6.45, 7) is 0.961. The molecule has 1 aliphatic carbocycles. The maximum atomic E-state index is 12.3. The van der Waals surface area contributed by atoms with Gasteiger partial charge in [0.05, 0.1) is 12.2 Å². The molecular weight excluding hydrogens is 254 g/mol. The zero-order chi connectivity index (χ0) is 14.2. The van der Waals surface area contributed by atoms with Gasteiger partial charge in [0.25, 0.3) is 5.91 Å². The zero-order valence-corrected chi connectivity index (χ0v) is 12.1. The average Bonchev–Trinajstić information content (AvgIpc) is 2.49. The van der Waals surface area contributed by atoms with Gasteiger partial charge in [-0.1, -0.05) is 31.4 Å². The molecule has 1 fully saturated rings. The van der Waals surface area contributed by atoms with Gasteiger partial charge in [-0.05, 0) is 25.0 Å². The molecule has 0 unspecified atom stereocenters. The highest BCUT2D eigenvalue weighted by Crippen LogP contribution is 2.21. The summed E-state index contributed by atoms with van der Waals surface area (Å²) in [5.74, 6) is 0.586. The van der Waals surface area contributed by atoms with Crippen molar-refractivity contribution >= 4 is 5.91 Å². The predicted octanol–water partition coefficient (Wildman–Crippen LogP) is 2.77. The summed E-state index contributed by atoms with van der Waals surface area (Å²) in [5.41, 5.74) is 0.606. The number of para-hydroxylation sites is 1. The third-order valence-electron chi connectivity index (χ3n) is 3.62. The molecule has 0 saturated heterocycles. The van der Waals surface area contributed by atoms with E-state index < -0.39 is 0 Å². The predicted molar refractivity (Wildman–Crippen MR) is 78.2 cm³/mol. The van der Waals surface area contributed by atoms with Crippen LogP contribution in [0.3, 0.4) is 0 Å². The van der Waals surface area contributed by atoms with E-state index in [-0.39, 0.29) is 5.91 Å². The fraction of sp³-hybridized carbons (Fsp3) is 0.562. The van der Waals surface area contributed by atoms with Crippen molar-refractivity contribution in [3.05, 3.63) is 29.8 Å². The van der Waals surface area contributed by atoms with E-state index in [2.05, 4.69) is 5.32 Å². The van der Waals surface area contributed by atoms with Gasteiger partial charge in [-0.25, -0.2) is 0 Å². The SMILES string of the molecule is COCCOc1ccccc1C(=O)NC1CCCCC1. The molecule has 4 heteroatoms. The summed E-state index contributed by atoms with van der Waals surface area (Å²) in [7, 11) is 1.63. The molecule has 0 atom stereocenters. The number of hydrogen-bond acceptors (Lipinski definition) is 3. The van der Waals surface area contributed by atoms with Crippen molar-refractivity contribution in [1.82, 2.24) is 5.32 Å². The van der Waals surface area contributed by atoms with E-state index in [9.17, 15) is 4.79 Å². The highest BCUT2D eigenvalue weighted by atomic mass is 16.5. The summed E-state index contributed by atoms with van der Waals surface area (Å²) >= 11 is 0. The molecule has 0 spiro atoms. The van der Waals surface area contributed by atoms with Crippen molar-refractivity contribution in [2.24, 2.45) is 0 Å². The Labute approximate surface area is 120 Å². The summed E-state index contributed by atoms with van der Waals surface area (Å²) in [6, 6.07) is 7.67. The molecule has 1 aliphatic rings. The van der Waals surface area contributed by atoms with Crippen LogP contribution < -0.4 is 10.1 Å². The third-order valence-corrected chi connectivity index (χ3v) is 3.62. The molecule has 1 aromatic rings. The monoisotopic (exact) mass is 277 g/mol. The van der Waals surface area contributed by atoms with Gasteiger partial charge in [0.1, 0.15) is 12.4 Å². The summed E-state index contributed by atoms with van der Waals surface area (Å²) in [6.07, 6.45) is 5.85. The number of carbonyl (C=O) groups excluding carboxylic acids is 1. The van der Waals surface area contributed by atoms with Gasteiger partial charge < -0.3 is 14.8 Å². The molecule has 1 amide bonds. The Morgan fingerprint density at radius 2 is 1.95 bits per heavy atom. The minimum absolute atomic E-state index is 0.0371. The van der Waals surface area contributed by atoms with Crippen LogP contribution in [0.15, 0.2) is 24.3 Å². The zero-order valence-electron chi connectivity index (χ0n) is 12.1. The van der Waals surface area contributed by atoms with Gasteiger partial charge in [-0.2, -0.15) is 0 Å². The van der Waals surface area contributed by atoms with Gasteiger partial charge >= 0.3 is 0 Å². The van der Waals surface area contributed by atoms with Gasteiger partial charge in [0, 0.05) is 13.2 Å². The Morgan fingerprint density at radius 1 is 1.20 bits per heavy atom. The number of ether oxygens (including phenoxy) is 2. The minimum Gasteiger partial charge on any atom is -0.490 e. The standard InChI is InChI=1S/C16H23NO3/c1-19-11-12-20-15-10-6-5-9-14(15)16(18)17-13-7-3-2-4-8-13/h5-6,9-10,13H,2-4,7-8,11-12H2,1H3,(H,17,18). The van der Waals surface area contributed by atoms with Crippen LogP contribution in [0.5, 0.6) is 5.75 Å². The van der Waals surface area contributed by atoms with E-state index in [1.807, 2.05) is 18.2 Å². The van der Waals surface area contributed by atoms with Crippen LogP contribution in [0.25, 0.3) is 0 Å². The number of amides is 1. The first-order valence-electron chi connectivity index (χ1n) is 7.33. The summed E-state index contributed by atoms with van der Waals surface area (Å²) < 4.78 is 10.6. The van der Waals surface area contributed by atoms with Crippen LogP contribution in [0, 0.1) is 0 Å². The molecule has 20 heavy (non-hydrogen) atoms. The van der Waals surface area contributed by atoms with Crippen molar-refractivity contribution < 1.29 is 14.3 Å². The largest absolute Gasteiger partial charge is 0.490 e. The summed E-state index contributed by atoms with van der Waals surface area (Å²) in [5, 5.41) is 3.12. The Morgan fingerprint density at radius 3 is 2.70 bits per heavy atom. The Hall–Kier alpha value is -1.55. The lowest BCUT2D eigenvalue weighted by Crippen LogP contribution is -2.36. The van der Waals surface area contributed by atoms with Crippen LogP contribution >= 0.6 is 0 Å². The Bertz CT molecular complexity index is 427. The van der Waals surface area contributed by atoms with Crippen molar-refractivity contribution in [2.45, 2.75) is 38.1 Å². The average molecular weight is 277 g/mol. The summed E-state index contributed by atoms with van der Waals surface area (Å²) in [4.78, 5) is 12.3. The first kappa shape index (κ1) is 14.9. The quantitative estimate of drug-likeness (QED) is 0.813. The molecular formula is C16H23NO3.